The lowest BCUT2D eigenvalue weighted by Gasteiger charge is -2.19. The van der Waals surface area contributed by atoms with Crippen molar-refractivity contribution in [3.63, 3.8) is 0 Å². The van der Waals surface area contributed by atoms with Gasteiger partial charge < -0.3 is 5.11 Å². The Kier molecular flexibility index (Phi) is 2.94. The number of aliphatic imine (C=N–C) groups is 1. The number of aryl methyl sites for hydroxylation is 1. The van der Waals surface area contributed by atoms with Gasteiger partial charge in [0.15, 0.2) is 0 Å². The van der Waals surface area contributed by atoms with E-state index in [1.54, 1.807) is 0 Å². The molecule has 0 aliphatic carbocycles. The van der Waals surface area contributed by atoms with Crippen molar-refractivity contribution in [2.24, 2.45) is 4.99 Å². The maximum atomic E-state index is 11.6. The van der Waals surface area contributed by atoms with Crippen LogP contribution in [0, 0.1) is 6.92 Å². The molecule has 0 amide bonds. The summed E-state index contributed by atoms with van der Waals surface area (Å²) in [4.78, 5) is 4.07. The first-order chi connectivity index (χ1) is 6.38. The SMILES string of the molecule is Cc1ccc(C([O-])=NC(C)(C)C)cc1. The molecule has 0 radical (unpaired) electrons. The Morgan fingerprint density at radius 1 is 1.14 bits per heavy atom. The van der Waals surface area contributed by atoms with Gasteiger partial charge in [0.25, 0.3) is 0 Å². The van der Waals surface area contributed by atoms with Crippen LogP contribution in [-0.2, 0) is 0 Å². The summed E-state index contributed by atoms with van der Waals surface area (Å²) in [5.41, 5.74) is 1.50. The Morgan fingerprint density at radius 3 is 2.07 bits per heavy atom. The molecule has 0 atom stereocenters. The van der Waals surface area contributed by atoms with E-state index in [-0.39, 0.29) is 11.4 Å². The molecule has 1 aromatic rings. The van der Waals surface area contributed by atoms with E-state index >= 15 is 0 Å². The summed E-state index contributed by atoms with van der Waals surface area (Å²) in [7, 11) is 0. The zero-order valence-electron chi connectivity index (χ0n) is 9.16. The summed E-state index contributed by atoms with van der Waals surface area (Å²) in [5.74, 6) is -0.141. The van der Waals surface area contributed by atoms with Gasteiger partial charge in [0.1, 0.15) is 0 Å². The minimum Gasteiger partial charge on any atom is -0.858 e. The minimum absolute atomic E-state index is 0.141. The standard InChI is InChI=1S/C12H17NO/c1-9-5-7-10(8-6-9)11(14)13-12(2,3)4/h5-8H,1-4H3,(H,13,14)/p-1. The van der Waals surface area contributed by atoms with Crippen molar-refractivity contribution in [2.45, 2.75) is 33.2 Å². The van der Waals surface area contributed by atoms with Crippen LogP contribution in [0.4, 0.5) is 0 Å². The highest BCUT2D eigenvalue weighted by atomic mass is 16.3. The predicted octanol–water partition coefficient (Wildman–Crippen LogP) is 1.90. The van der Waals surface area contributed by atoms with Crippen LogP contribution in [0.15, 0.2) is 29.3 Å². The molecule has 0 saturated heterocycles. The smallest absolute Gasteiger partial charge is 0.0517 e. The average molecular weight is 190 g/mol. The van der Waals surface area contributed by atoms with Crippen LogP contribution >= 0.6 is 0 Å². The Balaban J connectivity index is 2.95. The maximum absolute atomic E-state index is 11.6. The average Bonchev–Trinajstić information content (AvgIpc) is 2.02. The van der Waals surface area contributed by atoms with Gasteiger partial charge >= 0.3 is 0 Å². The highest BCUT2D eigenvalue weighted by molar-refractivity contribution is 5.90. The summed E-state index contributed by atoms with van der Waals surface area (Å²) in [5, 5.41) is 11.6. The Morgan fingerprint density at radius 2 is 1.64 bits per heavy atom. The first-order valence-electron chi connectivity index (χ1n) is 4.72. The van der Waals surface area contributed by atoms with Crippen LogP contribution in [0.5, 0.6) is 0 Å². The van der Waals surface area contributed by atoms with Crippen LogP contribution in [0.2, 0.25) is 0 Å². The summed E-state index contributed by atoms with van der Waals surface area (Å²) in [6.07, 6.45) is 0. The van der Waals surface area contributed by atoms with Crippen molar-refractivity contribution < 1.29 is 5.11 Å². The van der Waals surface area contributed by atoms with Crippen LogP contribution in [0.25, 0.3) is 0 Å². The molecule has 0 heterocycles. The highest BCUT2D eigenvalue weighted by Gasteiger charge is 2.05. The second-order valence-corrected chi connectivity index (χ2v) is 4.45. The normalized spacial score (nSPS) is 13.0. The molecule has 0 aliphatic heterocycles. The van der Waals surface area contributed by atoms with Gasteiger partial charge in [-0.15, -0.1) is 0 Å². The third-order valence-electron chi connectivity index (χ3n) is 1.74. The zero-order valence-corrected chi connectivity index (χ0v) is 9.16. The van der Waals surface area contributed by atoms with E-state index < -0.39 is 0 Å². The molecule has 76 valence electrons. The Bertz CT molecular complexity index is 330. The van der Waals surface area contributed by atoms with E-state index in [1.165, 1.54) is 0 Å². The van der Waals surface area contributed by atoms with Gasteiger partial charge in [-0.05, 0) is 39.2 Å². The first kappa shape index (κ1) is 10.8. The highest BCUT2D eigenvalue weighted by Crippen LogP contribution is 2.09. The fourth-order valence-corrected chi connectivity index (χ4v) is 1.07. The Hall–Kier alpha value is -1.31. The van der Waals surface area contributed by atoms with Crippen molar-refractivity contribution >= 4 is 5.90 Å². The molecule has 0 spiro atoms. The topological polar surface area (TPSA) is 35.4 Å². The van der Waals surface area contributed by atoms with Gasteiger partial charge in [0.2, 0.25) is 0 Å². The summed E-state index contributed by atoms with van der Waals surface area (Å²) < 4.78 is 0. The second kappa shape index (κ2) is 3.82. The minimum atomic E-state index is -0.304. The third kappa shape index (κ3) is 3.21. The number of nitrogens with zero attached hydrogens (tertiary/aromatic N) is 1. The van der Waals surface area contributed by atoms with E-state index in [9.17, 15) is 5.11 Å². The van der Waals surface area contributed by atoms with E-state index in [0.717, 1.165) is 5.56 Å². The summed E-state index contributed by atoms with van der Waals surface area (Å²) in [6.45, 7) is 7.74. The number of hydrogen-bond donors (Lipinski definition) is 0. The number of benzene rings is 1. The van der Waals surface area contributed by atoms with Gasteiger partial charge in [0, 0.05) is 0 Å². The fourth-order valence-electron chi connectivity index (χ4n) is 1.07. The summed E-state index contributed by atoms with van der Waals surface area (Å²) >= 11 is 0. The lowest BCUT2D eigenvalue weighted by Crippen LogP contribution is -2.24. The first-order valence-corrected chi connectivity index (χ1v) is 4.72. The molecule has 0 aromatic heterocycles. The maximum Gasteiger partial charge on any atom is 0.0517 e. The van der Waals surface area contributed by atoms with E-state index in [1.807, 2.05) is 52.0 Å². The van der Waals surface area contributed by atoms with Crippen molar-refractivity contribution in [3.8, 4) is 0 Å². The van der Waals surface area contributed by atoms with Crippen molar-refractivity contribution in [3.05, 3.63) is 35.4 Å². The van der Waals surface area contributed by atoms with Gasteiger partial charge in [-0.3, -0.25) is 4.99 Å². The van der Waals surface area contributed by atoms with Crippen molar-refractivity contribution in [1.82, 2.24) is 0 Å². The summed E-state index contributed by atoms with van der Waals surface area (Å²) in [6, 6.07) is 7.47. The van der Waals surface area contributed by atoms with Crippen LogP contribution in [-0.4, -0.2) is 11.4 Å². The van der Waals surface area contributed by atoms with Crippen LogP contribution < -0.4 is 5.11 Å². The molecule has 0 unspecified atom stereocenters. The molecule has 0 bridgehead atoms. The molecule has 0 aliphatic rings. The van der Waals surface area contributed by atoms with E-state index in [2.05, 4.69) is 4.99 Å². The molecular weight excluding hydrogens is 174 g/mol. The number of rotatable bonds is 1. The largest absolute Gasteiger partial charge is 0.858 e. The van der Waals surface area contributed by atoms with Crippen molar-refractivity contribution in [2.75, 3.05) is 0 Å². The lowest BCUT2D eigenvalue weighted by molar-refractivity contribution is -0.213. The van der Waals surface area contributed by atoms with E-state index in [4.69, 9.17) is 0 Å². The van der Waals surface area contributed by atoms with E-state index in [0.29, 0.717) is 5.56 Å². The molecule has 2 heteroatoms. The van der Waals surface area contributed by atoms with Crippen LogP contribution in [0.1, 0.15) is 31.9 Å². The Labute approximate surface area is 85.3 Å². The van der Waals surface area contributed by atoms with Crippen LogP contribution in [0.3, 0.4) is 0 Å². The molecular formula is C12H16NO-. The van der Waals surface area contributed by atoms with Gasteiger partial charge in [-0.2, -0.15) is 0 Å². The molecule has 0 fully saturated rings. The lowest BCUT2D eigenvalue weighted by atomic mass is 10.1. The van der Waals surface area contributed by atoms with Gasteiger partial charge in [-0.1, -0.05) is 29.8 Å². The molecule has 1 rings (SSSR count). The van der Waals surface area contributed by atoms with Gasteiger partial charge in [-0.25, -0.2) is 0 Å². The van der Waals surface area contributed by atoms with Gasteiger partial charge in [0.05, 0.1) is 5.54 Å². The third-order valence-corrected chi connectivity index (χ3v) is 1.74. The monoisotopic (exact) mass is 190 g/mol. The molecule has 1 aromatic carbocycles. The van der Waals surface area contributed by atoms with Crippen molar-refractivity contribution in [1.29, 1.82) is 0 Å². The molecule has 0 N–H and O–H groups in total. The predicted molar refractivity (Wildman–Crippen MR) is 57.5 cm³/mol. The molecule has 14 heavy (non-hydrogen) atoms. The molecule has 2 nitrogen and oxygen atoms in total. The zero-order chi connectivity index (χ0) is 10.8. The second-order valence-electron chi connectivity index (χ2n) is 4.45. The number of hydrogen-bond acceptors (Lipinski definition) is 2. The fraction of sp³-hybridized carbons (Fsp3) is 0.417. The quantitative estimate of drug-likeness (QED) is 0.492. The molecule has 0 saturated carbocycles.